The Hall–Kier alpha value is -1.37. The van der Waals surface area contributed by atoms with Crippen LogP contribution in [0, 0.1) is 6.92 Å². The van der Waals surface area contributed by atoms with E-state index in [4.69, 9.17) is 5.73 Å². The minimum Gasteiger partial charge on any atom is -0.326 e. The van der Waals surface area contributed by atoms with Crippen molar-refractivity contribution in [2.45, 2.75) is 24.3 Å². The standard InChI is InChI=1S/C16H17BrN2O2S/c1-11-6-7-13(17)9-16(11)22(20,21)19-10-14(18)8-12-4-2-3-5-15(12)19/h2-7,9,14H,8,10,18H2,1H3. The number of hydrogen-bond acceptors (Lipinski definition) is 3. The molecule has 3 rings (SSSR count). The molecule has 2 aromatic carbocycles. The maximum absolute atomic E-state index is 13.1. The van der Waals surface area contributed by atoms with Crippen LogP contribution < -0.4 is 10.0 Å². The molecule has 6 heteroatoms. The molecular weight excluding hydrogens is 364 g/mol. The second-order valence-electron chi connectivity index (χ2n) is 5.54. The molecule has 1 atom stereocenters. The van der Waals surface area contributed by atoms with Crippen LogP contribution in [0.3, 0.4) is 0 Å². The molecule has 0 bridgehead atoms. The maximum Gasteiger partial charge on any atom is 0.264 e. The highest BCUT2D eigenvalue weighted by molar-refractivity contribution is 9.10. The molecular formula is C16H17BrN2O2S. The van der Waals surface area contributed by atoms with E-state index in [0.29, 0.717) is 17.9 Å². The average molecular weight is 381 g/mol. The van der Waals surface area contributed by atoms with Gasteiger partial charge < -0.3 is 5.73 Å². The number of benzene rings is 2. The monoisotopic (exact) mass is 380 g/mol. The van der Waals surface area contributed by atoms with Gasteiger partial charge in [-0.1, -0.05) is 40.2 Å². The second-order valence-corrected chi connectivity index (χ2v) is 8.29. The number of hydrogen-bond donors (Lipinski definition) is 1. The summed E-state index contributed by atoms with van der Waals surface area (Å²) in [6.45, 7) is 2.10. The number of rotatable bonds is 2. The molecule has 1 unspecified atom stereocenters. The van der Waals surface area contributed by atoms with E-state index in [2.05, 4.69) is 15.9 Å². The zero-order chi connectivity index (χ0) is 15.9. The van der Waals surface area contributed by atoms with Crippen molar-refractivity contribution in [2.75, 3.05) is 10.8 Å². The van der Waals surface area contributed by atoms with Crippen molar-refractivity contribution in [3.8, 4) is 0 Å². The highest BCUT2D eigenvalue weighted by Crippen LogP contribution is 2.33. The fraction of sp³-hybridized carbons (Fsp3) is 0.250. The van der Waals surface area contributed by atoms with E-state index in [1.165, 1.54) is 4.31 Å². The van der Waals surface area contributed by atoms with E-state index in [1.54, 1.807) is 19.1 Å². The van der Waals surface area contributed by atoms with Crippen molar-refractivity contribution in [2.24, 2.45) is 5.73 Å². The van der Waals surface area contributed by atoms with Crippen LogP contribution in [-0.4, -0.2) is 21.0 Å². The summed E-state index contributed by atoms with van der Waals surface area (Å²) in [7, 11) is -3.64. The van der Waals surface area contributed by atoms with E-state index < -0.39 is 10.0 Å². The topological polar surface area (TPSA) is 63.4 Å². The maximum atomic E-state index is 13.1. The molecule has 2 aromatic rings. The van der Waals surface area contributed by atoms with Crippen LogP contribution in [-0.2, 0) is 16.4 Å². The van der Waals surface area contributed by atoms with Crippen molar-refractivity contribution in [1.82, 2.24) is 0 Å². The van der Waals surface area contributed by atoms with Gasteiger partial charge >= 0.3 is 0 Å². The average Bonchev–Trinajstić information content (AvgIpc) is 2.48. The predicted molar refractivity (Wildman–Crippen MR) is 91.5 cm³/mol. The van der Waals surface area contributed by atoms with Crippen LogP contribution in [0.2, 0.25) is 0 Å². The third-order valence-electron chi connectivity index (χ3n) is 3.86. The van der Waals surface area contributed by atoms with Gasteiger partial charge in [0, 0.05) is 17.1 Å². The first-order valence-corrected chi connectivity index (χ1v) is 9.25. The zero-order valence-electron chi connectivity index (χ0n) is 12.2. The molecule has 1 aliphatic heterocycles. The highest BCUT2D eigenvalue weighted by Gasteiger charge is 2.32. The molecule has 0 amide bonds. The lowest BCUT2D eigenvalue weighted by molar-refractivity contribution is 0.575. The van der Waals surface area contributed by atoms with E-state index in [1.807, 2.05) is 30.3 Å². The summed E-state index contributed by atoms with van der Waals surface area (Å²) in [5.74, 6) is 0. The highest BCUT2D eigenvalue weighted by atomic mass is 79.9. The molecule has 1 aliphatic rings. The fourth-order valence-electron chi connectivity index (χ4n) is 2.78. The predicted octanol–water partition coefficient (Wildman–Crippen LogP) is 2.84. The molecule has 0 aromatic heterocycles. The summed E-state index contributed by atoms with van der Waals surface area (Å²) in [5, 5.41) is 0. The summed E-state index contributed by atoms with van der Waals surface area (Å²) in [5.41, 5.74) is 8.48. The van der Waals surface area contributed by atoms with Gasteiger partial charge in [-0.25, -0.2) is 8.42 Å². The molecule has 22 heavy (non-hydrogen) atoms. The summed E-state index contributed by atoms with van der Waals surface area (Å²) < 4.78 is 28.4. The van der Waals surface area contributed by atoms with Gasteiger partial charge in [-0.3, -0.25) is 4.31 Å². The fourth-order valence-corrected chi connectivity index (χ4v) is 5.11. The second kappa shape index (κ2) is 5.68. The number of anilines is 1. The number of halogens is 1. The third-order valence-corrected chi connectivity index (χ3v) is 6.28. The summed E-state index contributed by atoms with van der Waals surface area (Å²) in [6.07, 6.45) is 0.694. The summed E-state index contributed by atoms with van der Waals surface area (Å²) in [6, 6.07) is 12.6. The van der Waals surface area contributed by atoms with E-state index >= 15 is 0 Å². The lowest BCUT2D eigenvalue weighted by Crippen LogP contribution is -2.46. The van der Waals surface area contributed by atoms with Crippen molar-refractivity contribution < 1.29 is 8.42 Å². The summed E-state index contributed by atoms with van der Waals surface area (Å²) >= 11 is 3.35. The molecule has 1 heterocycles. The van der Waals surface area contributed by atoms with Gasteiger partial charge in [-0.15, -0.1) is 0 Å². The molecule has 0 aliphatic carbocycles. The van der Waals surface area contributed by atoms with Gasteiger partial charge in [-0.05, 0) is 42.7 Å². The Labute approximate surface area is 139 Å². The lowest BCUT2D eigenvalue weighted by atomic mass is 10.0. The van der Waals surface area contributed by atoms with Crippen LogP contribution in [0.25, 0.3) is 0 Å². The molecule has 0 saturated carbocycles. The molecule has 4 nitrogen and oxygen atoms in total. The van der Waals surface area contributed by atoms with Crippen molar-refractivity contribution >= 4 is 31.6 Å². The molecule has 0 fully saturated rings. The Bertz CT molecular complexity index is 821. The van der Waals surface area contributed by atoms with Gasteiger partial charge in [0.05, 0.1) is 10.6 Å². The van der Waals surface area contributed by atoms with Crippen LogP contribution in [0.5, 0.6) is 0 Å². The first-order chi connectivity index (χ1) is 10.4. The van der Waals surface area contributed by atoms with Crippen molar-refractivity contribution in [3.63, 3.8) is 0 Å². The van der Waals surface area contributed by atoms with E-state index in [0.717, 1.165) is 21.3 Å². The Balaban J connectivity index is 2.16. The quantitative estimate of drug-likeness (QED) is 0.870. The van der Waals surface area contributed by atoms with Gasteiger partial charge in [0.25, 0.3) is 10.0 Å². The van der Waals surface area contributed by atoms with Crippen molar-refractivity contribution in [1.29, 1.82) is 0 Å². The molecule has 116 valence electrons. The Kier molecular flexibility index (Phi) is 4.01. The number of aryl methyl sites for hydroxylation is 1. The first-order valence-electron chi connectivity index (χ1n) is 7.02. The summed E-state index contributed by atoms with van der Waals surface area (Å²) in [4.78, 5) is 0.311. The first kappa shape index (κ1) is 15.5. The number of nitrogens with two attached hydrogens (primary N) is 1. The Morgan fingerprint density at radius 1 is 1.23 bits per heavy atom. The smallest absolute Gasteiger partial charge is 0.264 e. The number of para-hydroxylation sites is 1. The number of fused-ring (bicyclic) bond motifs is 1. The zero-order valence-corrected chi connectivity index (χ0v) is 14.6. The van der Waals surface area contributed by atoms with Gasteiger partial charge in [0.1, 0.15) is 0 Å². The molecule has 0 radical (unpaired) electrons. The van der Waals surface area contributed by atoms with E-state index in [9.17, 15) is 8.42 Å². The number of nitrogens with zero attached hydrogens (tertiary/aromatic N) is 1. The third kappa shape index (κ3) is 2.66. The minimum atomic E-state index is -3.64. The molecule has 0 saturated heterocycles. The molecule has 2 N–H and O–H groups in total. The minimum absolute atomic E-state index is 0.197. The van der Waals surface area contributed by atoms with Crippen LogP contribution in [0.1, 0.15) is 11.1 Å². The number of sulfonamides is 1. The van der Waals surface area contributed by atoms with Crippen LogP contribution >= 0.6 is 15.9 Å². The Morgan fingerprint density at radius 3 is 2.73 bits per heavy atom. The molecule has 0 spiro atoms. The van der Waals surface area contributed by atoms with Crippen LogP contribution in [0.15, 0.2) is 51.8 Å². The van der Waals surface area contributed by atoms with Crippen molar-refractivity contribution in [3.05, 3.63) is 58.1 Å². The van der Waals surface area contributed by atoms with Gasteiger partial charge in [0.15, 0.2) is 0 Å². The SMILES string of the molecule is Cc1ccc(Br)cc1S(=O)(=O)N1CC(N)Cc2ccccc21. The largest absolute Gasteiger partial charge is 0.326 e. The van der Waals surface area contributed by atoms with Crippen LogP contribution in [0.4, 0.5) is 5.69 Å². The Morgan fingerprint density at radius 2 is 1.95 bits per heavy atom. The van der Waals surface area contributed by atoms with E-state index in [-0.39, 0.29) is 6.04 Å². The lowest BCUT2D eigenvalue weighted by Gasteiger charge is -2.34. The normalized spacial score (nSPS) is 18.1. The van der Waals surface area contributed by atoms with Gasteiger partial charge in [-0.2, -0.15) is 0 Å². The van der Waals surface area contributed by atoms with Gasteiger partial charge in [0.2, 0.25) is 0 Å².